The van der Waals surface area contributed by atoms with Crippen LogP contribution in [-0.2, 0) is 9.59 Å². The molecule has 15 heavy (non-hydrogen) atoms. The number of rotatable bonds is 1. The Kier molecular flexibility index (Phi) is 3.17. The van der Waals surface area contributed by atoms with Gasteiger partial charge < -0.3 is 0 Å². The van der Waals surface area contributed by atoms with Gasteiger partial charge >= 0.3 is 0 Å². The summed E-state index contributed by atoms with van der Waals surface area (Å²) in [5.41, 5.74) is 1.26. The molecule has 0 aromatic carbocycles. The highest BCUT2D eigenvalue weighted by molar-refractivity contribution is 6.22. The monoisotopic (exact) mass is 208 g/mol. The van der Waals surface area contributed by atoms with Gasteiger partial charge in [-0.1, -0.05) is 33.3 Å². The summed E-state index contributed by atoms with van der Waals surface area (Å²) >= 11 is 0. The standard InChI is InChI=1S/C13H20O2/c1-8(2)9(3)12-10(14)6-13(4,5)7-11(12)15/h8H,6-7H2,1-5H3. The topological polar surface area (TPSA) is 34.1 Å². The van der Waals surface area contributed by atoms with Crippen molar-refractivity contribution in [2.45, 2.75) is 47.5 Å². The zero-order valence-corrected chi connectivity index (χ0v) is 10.3. The van der Waals surface area contributed by atoms with Crippen LogP contribution < -0.4 is 0 Å². The number of allylic oxidation sites excluding steroid dienone is 2. The second-order valence-electron chi connectivity index (χ2n) is 5.58. The van der Waals surface area contributed by atoms with E-state index in [-0.39, 0.29) is 22.9 Å². The van der Waals surface area contributed by atoms with Crippen LogP contribution in [0.1, 0.15) is 47.5 Å². The van der Waals surface area contributed by atoms with E-state index >= 15 is 0 Å². The molecule has 84 valence electrons. The van der Waals surface area contributed by atoms with Crippen LogP contribution in [0.15, 0.2) is 11.1 Å². The molecule has 1 aliphatic rings. The van der Waals surface area contributed by atoms with Gasteiger partial charge in [0, 0.05) is 12.8 Å². The number of Topliss-reactive ketones (excluding diaryl/α,β-unsaturated/α-hetero) is 2. The minimum Gasteiger partial charge on any atom is -0.294 e. The molecule has 0 radical (unpaired) electrons. The predicted octanol–water partition coefficient (Wildman–Crippen LogP) is 2.92. The summed E-state index contributed by atoms with van der Waals surface area (Å²) in [5, 5.41) is 0. The van der Waals surface area contributed by atoms with E-state index in [0.29, 0.717) is 18.4 Å². The van der Waals surface area contributed by atoms with Crippen LogP contribution in [0.25, 0.3) is 0 Å². The molecule has 1 fully saturated rings. The van der Waals surface area contributed by atoms with E-state index in [1.165, 1.54) is 0 Å². The van der Waals surface area contributed by atoms with E-state index in [0.717, 1.165) is 5.57 Å². The Bertz CT molecular complexity index is 310. The van der Waals surface area contributed by atoms with E-state index in [1.54, 1.807) is 0 Å². The minimum absolute atomic E-state index is 0.0300. The molecule has 0 atom stereocenters. The Hall–Kier alpha value is -0.920. The quantitative estimate of drug-likeness (QED) is 0.490. The first-order valence-electron chi connectivity index (χ1n) is 5.52. The first-order chi connectivity index (χ1) is 6.74. The van der Waals surface area contributed by atoms with E-state index in [1.807, 2.05) is 34.6 Å². The van der Waals surface area contributed by atoms with E-state index < -0.39 is 0 Å². The second kappa shape index (κ2) is 3.92. The molecule has 1 rings (SSSR count). The first-order valence-corrected chi connectivity index (χ1v) is 5.52. The Morgan fingerprint density at radius 3 is 1.87 bits per heavy atom. The molecule has 1 saturated carbocycles. The van der Waals surface area contributed by atoms with Gasteiger partial charge in [0.15, 0.2) is 11.6 Å². The maximum atomic E-state index is 11.9. The van der Waals surface area contributed by atoms with Gasteiger partial charge in [-0.05, 0) is 18.3 Å². The first kappa shape index (κ1) is 12.2. The number of hydrogen-bond acceptors (Lipinski definition) is 2. The van der Waals surface area contributed by atoms with Gasteiger partial charge in [-0.15, -0.1) is 0 Å². The average Bonchev–Trinajstić information content (AvgIpc) is 1.99. The van der Waals surface area contributed by atoms with Gasteiger partial charge in [0.2, 0.25) is 0 Å². The molecule has 0 bridgehead atoms. The van der Waals surface area contributed by atoms with Crippen molar-refractivity contribution >= 4 is 11.6 Å². The third-order valence-corrected chi connectivity index (χ3v) is 3.10. The maximum Gasteiger partial charge on any atom is 0.166 e. The van der Waals surface area contributed by atoms with Crippen molar-refractivity contribution in [3.05, 3.63) is 11.1 Å². The minimum atomic E-state index is -0.158. The van der Waals surface area contributed by atoms with Crippen molar-refractivity contribution in [3.8, 4) is 0 Å². The van der Waals surface area contributed by atoms with Crippen LogP contribution >= 0.6 is 0 Å². The molecular weight excluding hydrogens is 188 g/mol. The molecule has 0 N–H and O–H groups in total. The van der Waals surface area contributed by atoms with Gasteiger partial charge in [0.1, 0.15) is 0 Å². The molecule has 0 spiro atoms. The highest BCUT2D eigenvalue weighted by Crippen LogP contribution is 2.35. The van der Waals surface area contributed by atoms with E-state index in [2.05, 4.69) is 0 Å². The fraction of sp³-hybridized carbons (Fsp3) is 0.692. The Balaban J connectivity index is 3.10. The fourth-order valence-electron chi connectivity index (χ4n) is 1.99. The van der Waals surface area contributed by atoms with Crippen LogP contribution in [0.3, 0.4) is 0 Å². The Morgan fingerprint density at radius 2 is 1.53 bits per heavy atom. The van der Waals surface area contributed by atoms with Crippen LogP contribution in [-0.4, -0.2) is 11.6 Å². The third kappa shape index (κ3) is 2.55. The molecule has 0 aliphatic heterocycles. The largest absolute Gasteiger partial charge is 0.294 e. The molecule has 0 amide bonds. The zero-order valence-electron chi connectivity index (χ0n) is 10.3. The number of ketones is 2. The summed E-state index contributed by atoms with van der Waals surface area (Å²) in [6.45, 7) is 9.88. The van der Waals surface area contributed by atoms with Gasteiger partial charge in [-0.3, -0.25) is 9.59 Å². The Morgan fingerprint density at radius 1 is 1.13 bits per heavy atom. The molecule has 0 heterocycles. The summed E-state index contributed by atoms with van der Waals surface area (Å²) in [6, 6.07) is 0. The van der Waals surface area contributed by atoms with Gasteiger partial charge in [0.25, 0.3) is 0 Å². The lowest BCUT2D eigenvalue weighted by molar-refractivity contribution is -0.127. The van der Waals surface area contributed by atoms with Crippen LogP contribution in [0.2, 0.25) is 0 Å². The molecule has 1 aliphatic carbocycles. The Labute approximate surface area is 91.7 Å². The fourth-order valence-corrected chi connectivity index (χ4v) is 1.99. The summed E-state index contributed by atoms with van der Waals surface area (Å²) in [5.74, 6) is 0.332. The van der Waals surface area contributed by atoms with Crippen molar-refractivity contribution < 1.29 is 9.59 Å². The maximum absolute atomic E-state index is 11.9. The summed E-state index contributed by atoms with van der Waals surface area (Å²) in [7, 11) is 0. The van der Waals surface area contributed by atoms with E-state index in [9.17, 15) is 9.59 Å². The second-order valence-corrected chi connectivity index (χ2v) is 5.58. The summed E-state index contributed by atoms with van der Waals surface area (Å²) < 4.78 is 0. The lowest BCUT2D eigenvalue weighted by atomic mass is 9.72. The van der Waals surface area contributed by atoms with Crippen molar-refractivity contribution in [3.63, 3.8) is 0 Å². The van der Waals surface area contributed by atoms with Crippen molar-refractivity contribution in [2.75, 3.05) is 0 Å². The van der Waals surface area contributed by atoms with Crippen LogP contribution in [0, 0.1) is 11.3 Å². The molecule has 2 nitrogen and oxygen atoms in total. The highest BCUT2D eigenvalue weighted by atomic mass is 16.1. The smallest absolute Gasteiger partial charge is 0.166 e. The van der Waals surface area contributed by atoms with Crippen LogP contribution in [0.5, 0.6) is 0 Å². The summed E-state index contributed by atoms with van der Waals surface area (Å²) in [6.07, 6.45) is 0.996. The molecular formula is C13H20O2. The van der Waals surface area contributed by atoms with Gasteiger partial charge in [-0.2, -0.15) is 0 Å². The van der Waals surface area contributed by atoms with Crippen molar-refractivity contribution in [2.24, 2.45) is 11.3 Å². The van der Waals surface area contributed by atoms with Crippen LogP contribution in [0.4, 0.5) is 0 Å². The zero-order chi connectivity index (χ0) is 11.8. The normalized spacial score (nSPS) is 21.1. The highest BCUT2D eigenvalue weighted by Gasteiger charge is 2.36. The lowest BCUT2D eigenvalue weighted by Gasteiger charge is -2.30. The summed E-state index contributed by atoms with van der Waals surface area (Å²) in [4.78, 5) is 23.8. The number of carbonyl (C=O) groups excluding carboxylic acids is 2. The molecule has 0 unspecified atom stereocenters. The SMILES string of the molecule is CC(=C1C(=O)CC(C)(C)CC1=O)C(C)C. The van der Waals surface area contributed by atoms with E-state index in [4.69, 9.17) is 0 Å². The molecule has 0 aromatic heterocycles. The van der Waals surface area contributed by atoms with Crippen molar-refractivity contribution in [1.82, 2.24) is 0 Å². The van der Waals surface area contributed by atoms with Gasteiger partial charge in [0.05, 0.1) is 5.57 Å². The molecule has 2 heteroatoms. The average molecular weight is 208 g/mol. The predicted molar refractivity (Wildman–Crippen MR) is 60.6 cm³/mol. The molecule has 0 saturated heterocycles. The van der Waals surface area contributed by atoms with Crippen molar-refractivity contribution in [1.29, 1.82) is 0 Å². The van der Waals surface area contributed by atoms with Gasteiger partial charge in [-0.25, -0.2) is 0 Å². The third-order valence-electron chi connectivity index (χ3n) is 3.10. The lowest BCUT2D eigenvalue weighted by Crippen LogP contribution is -2.32. The number of carbonyl (C=O) groups is 2. The number of hydrogen-bond donors (Lipinski definition) is 0. The molecule has 0 aromatic rings.